The van der Waals surface area contributed by atoms with Crippen LogP contribution in [0.15, 0.2) is 16.9 Å². The number of pyridine rings is 1. The van der Waals surface area contributed by atoms with Crippen molar-refractivity contribution < 1.29 is 4.74 Å². The number of nitrogens with two attached hydrogens (primary N) is 1. The number of methoxy groups -OCH3 is 1. The Balaban J connectivity index is 2.49. The van der Waals surface area contributed by atoms with Gasteiger partial charge in [-0.05, 0) is 35.2 Å². The molecule has 0 amide bonds. The van der Waals surface area contributed by atoms with Gasteiger partial charge in [-0.15, -0.1) is 0 Å². The quantitative estimate of drug-likeness (QED) is 0.883. The van der Waals surface area contributed by atoms with Gasteiger partial charge in [-0.2, -0.15) is 0 Å². The van der Waals surface area contributed by atoms with Gasteiger partial charge in [-0.3, -0.25) is 4.98 Å². The smallest absolute Gasteiger partial charge is 0.143 e. The van der Waals surface area contributed by atoms with Crippen molar-refractivity contribution in [1.82, 2.24) is 4.98 Å². The molecule has 1 aliphatic rings. The maximum Gasteiger partial charge on any atom is 0.143 e. The molecule has 1 aromatic heterocycles. The minimum Gasteiger partial charge on any atom is -0.495 e. The molecule has 0 saturated heterocycles. The van der Waals surface area contributed by atoms with Gasteiger partial charge in [0.25, 0.3) is 0 Å². The van der Waals surface area contributed by atoms with Crippen LogP contribution in [0.2, 0.25) is 0 Å². The highest BCUT2D eigenvalue weighted by atomic mass is 79.9. The van der Waals surface area contributed by atoms with Crippen molar-refractivity contribution in [2.45, 2.75) is 24.8 Å². The van der Waals surface area contributed by atoms with Crippen molar-refractivity contribution in [3.05, 3.63) is 22.4 Å². The number of ether oxygens (including phenoxy) is 1. The van der Waals surface area contributed by atoms with Crippen LogP contribution < -0.4 is 10.5 Å². The van der Waals surface area contributed by atoms with Crippen molar-refractivity contribution in [3.63, 3.8) is 0 Å². The van der Waals surface area contributed by atoms with Crippen LogP contribution in [0.25, 0.3) is 0 Å². The van der Waals surface area contributed by atoms with E-state index >= 15 is 0 Å². The summed E-state index contributed by atoms with van der Waals surface area (Å²) in [7, 11) is 1.65. The van der Waals surface area contributed by atoms with E-state index in [9.17, 15) is 0 Å². The molecule has 1 heterocycles. The second-order valence-electron chi connectivity index (χ2n) is 3.71. The Morgan fingerprint density at radius 3 is 2.71 bits per heavy atom. The van der Waals surface area contributed by atoms with Crippen molar-refractivity contribution in [2.75, 3.05) is 7.11 Å². The van der Waals surface area contributed by atoms with E-state index < -0.39 is 0 Å². The molecule has 0 radical (unpaired) electrons. The van der Waals surface area contributed by atoms with E-state index in [0.717, 1.165) is 28.6 Å². The molecule has 1 fully saturated rings. The lowest BCUT2D eigenvalue weighted by Crippen LogP contribution is -2.43. The van der Waals surface area contributed by atoms with Crippen molar-refractivity contribution in [1.29, 1.82) is 0 Å². The summed E-state index contributed by atoms with van der Waals surface area (Å²) in [5, 5.41) is 0. The molecule has 2 N–H and O–H groups in total. The Kier molecular flexibility index (Phi) is 2.49. The van der Waals surface area contributed by atoms with Gasteiger partial charge in [0.2, 0.25) is 0 Å². The molecular formula is C10H13BrN2O. The summed E-state index contributed by atoms with van der Waals surface area (Å²) in [6.07, 6.45) is 6.71. The number of nitrogens with zero attached hydrogens (tertiary/aromatic N) is 1. The molecule has 0 spiro atoms. The lowest BCUT2D eigenvalue weighted by Gasteiger charge is -2.39. The van der Waals surface area contributed by atoms with E-state index in [2.05, 4.69) is 20.9 Å². The molecule has 14 heavy (non-hydrogen) atoms. The maximum absolute atomic E-state index is 6.26. The highest BCUT2D eigenvalue weighted by molar-refractivity contribution is 9.10. The summed E-state index contributed by atoms with van der Waals surface area (Å²) in [5.41, 5.74) is 7.11. The van der Waals surface area contributed by atoms with E-state index in [1.54, 1.807) is 19.5 Å². The standard InChI is InChI=1S/C10H13BrN2O/c1-14-8-6-13-5-7(11)9(8)10(12)3-2-4-10/h5-6H,2-4,12H2,1H3. The molecular weight excluding hydrogens is 244 g/mol. The Hall–Kier alpha value is -0.610. The number of rotatable bonds is 2. The Labute approximate surface area is 91.8 Å². The first-order valence-corrected chi connectivity index (χ1v) is 5.43. The van der Waals surface area contributed by atoms with Crippen LogP contribution >= 0.6 is 15.9 Å². The van der Waals surface area contributed by atoms with Crippen LogP contribution in [0.4, 0.5) is 0 Å². The van der Waals surface area contributed by atoms with Crippen molar-refractivity contribution in [3.8, 4) is 5.75 Å². The zero-order chi connectivity index (χ0) is 10.2. The highest BCUT2D eigenvalue weighted by Crippen LogP contribution is 2.45. The second kappa shape index (κ2) is 3.51. The molecule has 0 aliphatic heterocycles. The van der Waals surface area contributed by atoms with Gasteiger partial charge in [-0.25, -0.2) is 0 Å². The van der Waals surface area contributed by atoms with E-state index in [4.69, 9.17) is 10.5 Å². The van der Waals surface area contributed by atoms with Crippen LogP contribution in [-0.4, -0.2) is 12.1 Å². The number of aromatic nitrogens is 1. The monoisotopic (exact) mass is 256 g/mol. The maximum atomic E-state index is 6.26. The third-order valence-corrected chi connectivity index (χ3v) is 3.43. The summed E-state index contributed by atoms with van der Waals surface area (Å²) in [6.45, 7) is 0. The van der Waals surface area contributed by atoms with Gasteiger partial charge < -0.3 is 10.5 Å². The number of halogens is 1. The van der Waals surface area contributed by atoms with Gasteiger partial charge in [0.15, 0.2) is 0 Å². The molecule has 76 valence electrons. The summed E-state index contributed by atoms with van der Waals surface area (Å²) < 4.78 is 6.22. The summed E-state index contributed by atoms with van der Waals surface area (Å²) in [5.74, 6) is 0.779. The molecule has 3 nitrogen and oxygen atoms in total. The van der Waals surface area contributed by atoms with Gasteiger partial charge in [0, 0.05) is 21.8 Å². The van der Waals surface area contributed by atoms with Gasteiger partial charge in [0.05, 0.1) is 13.3 Å². The Bertz CT molecular complexity index is 350. The van der Waals surface area contributed by atoms with Crippen LogP contribution in [0.1, 0.15) is 24.8 Å². The molecule has 0 aromatic carbocycles. The largest absolute Gasteiger partial charge is 0.495 e. The van der Waals surface area contributed by atoms with Crippen LogP contribution in [0, 0.1) is 0 Å². The molecule has 0 atom stereocenters. The van der Waals surface area contributed by atoms with Crippen LogP contribution in [0.5, 0.6) is 5.75 Å². The first kappa shape index (κ1) is 9.93. The minimum atomic E-state index is -0.215. The molecule has 0 bridgehead atoms. The van der Waals surface area contributed by atoms with E-state index in [-0.39, 0.29) is 5.54 Å². The normalized spacial score (nSPS) is 18.8. The Morgan fingerprint density at radius 1 is 1.50 bits per heavy atom. The molecule has 1 aliphatic carbocycles. The predicted molar refractivity (Wildman–Crippen MR) is 58.2 cm³/mol. The molecule has 4 heteroatoms. The zero-order valence-electron chi connectivity index (χ0n) is 8.09. The summed E-state index contributed by atoms with van der Waals surface area (Å²) in [4.78, 5) is 4.06. The highest BCUT2D eigenvalue weighted by Gasteiger charge is 2.38. The predicted octanol–water partition coefficient (Wildman–Crippen LogP) is 2.19. The zero-order valence-corrected chi connectivity index (χ0v) is 9.67. The summed E-state index contributed by atoms with van der Waals surface area (Å²) in [6, 6.07) is 0. The SMILES string of the molecule is COc1cncc(Br)c1C1(N)CCC1. The van der Waals surface area contributed by atoms with Crippen molar-refractivity contribution in [2.24, 2.45) is 5.73 Å². The number of hydrogen-bond donors (Lipinski definition) is 1. The minimum absolute atomic E-state index is 0.215. The topological polar surface area (TPSA) is 48.1 Å². The Morgan fingerprint density at radius 2 is 2.21 bits per heavy atom. The van der Waals surface area contributed by atoms with E-state index in [0.29, 0.717) is 0 Å². The average Bonchev–Trinajstić information content (AvgIpc) is 2.14. The van der Waals surface area contributed by atoms with Crippen molar-refractivity contribution >= 4 is 15.9 Å². The lowest BCUT2D eigenvalue weighted by molar-refractivity contribution is 0.242. The number of hydrogen-bond acceptors (Lipinski definition) is 3. The molecule has 0 unspecified atom stereocenters. The molecule has 2 rings (SSSR count). The fourth-order valence-electron chi connectivity index (χ4n) is 1.86. The fraction of sp³-hybridized carbons (Fsp3) is 0.500. The lowest BCUT2D eigenvalue weighted by atomic mass is 9.73. The first-order chi connectivity index (χ1) is 6.67. The van der Waals surface area contributed by atoms with E-state index in [1.807, 2.05) is 0 Å². The van der Waals surface area contributed by atoms with E-state index in [1.165, 1.54) is 6.42 Å². The van der Waals surface area contributed by atoms with Crippen LogP contribution in [0.3, 0.4) is 0 Å². The van der Waals surface area contributed by atoms with Gasteiger partial charge >= 0.3 is 0 Å². The molecule has 1 saturated carbocycles. The third-order valence-electron chi connectivity index (χ3n) is 2.83. The molecule has 1 aromatic rings. The summed E-state index contributed by atoms with van der Waals surface area (Å²) >= 11 is 3.48. The first-order valence-electron chi connectivity index (χ1n) is 4.64. The van der Waals surface area contributed by atoms with Crippen LogP contribution in [-0.2, 0) is 5.54 Å². The van der Waals surface area contributed by atoms with Gasteiger partial charge in [0.1, 0.15) is 5.75 Å². The third kappa shape index (κ3) is 1.42. The fourth-order valence-corrected chi connectivity index (χ4v) is 2.57. The van der Waals surface area contributed by atoms with Gasteiger partial charge in [-0.1, -0.05) is 0 Å². The average molecular weight is 257 g/mol. The second-order valence-corrected chi connectivity index (χ2v) is 4.56.